The van der Waals surface area contributed by atoms with Crippen molar-refractivity contribution in [3.8, 4) is 0 Å². The molecule has 1 aliphatic heterocycles. The predicted molar refractivity (Wildman–Crippen MR) is 74.0 cm³/mol. The Kier molecular flexibility index (Phi) is 3.88. The lowest BCUT2D eigenvalue weighted by Gasteiger charge is -2.09. The van der Waals surface area contributed by atoms with Crippen LogP contribution in [0.3, 0.4) is 0 Å². The Morgan fingerprint density at radius 2 is 1.33 bits per heavy atom. The van der Waals surface area contributed by atoms with Gasteiger partial charge in [0.05, 0.1) is 10.9 Å². The lowest BCUT2D eigenvalue weighted by molar-refractivity contribution is 0.368. The average molecular weight is 363 g/mol. The van der Waals surface area contributed by atoms with Gasteiger partial charge in [0.1, 0.15) is 0 Å². The monoisotopic (exact) mass is 363 g/mol. The van der Waals surface area contributed by atoms with E-state index in [2.05, 4.69) is 0 Å². The molecule has 3 nitrogen and oxygen atoms in total. The smallest absolute Gasteiger partial charge is 0.207 e. The lowest BCUT2D eigenvalue weighted by Crippen LogP contribution is -2.15. The molecule has 0 radical (unpaired) electrons. The van der Waals surface area contributed by atoms with Crippen molar-refractivity contribution in [2.45, 2.75) is 17.9 Å². The van der Waals surface area contributed by atoms with E-state index in [-0.39, 0.29) is 11.4 Å². The molecule has 1 fully saturated rings. The highest BCUT2D eigenvalue weighted by molar-refractivity contribution is 7.89. The maximum atomic E-state index is 13.8. The topological polar surface area (TPSA) is 37.1 Å². The Morgan fingerprint density at radius 1 is 0.875 bits per heavy atom. The number of hydrogen-bond acceptors (Lipinski definition) is 2. The van der Waals surface area contributed by atoms with Crippen LogP contribution < -0.4 is 0 Å². The Labute approximate surface area is 134 Å². The summed E-state index contributed by atoms with van der Waals surface area (Å²) in [5, 5.41) is 0. The number of sulfonamides is 1. The van der Waals surface area contributed by atoms with E-state index in [1.54, 1.807) is 6.92 Å². The van der Waals surface area contributed by atoms with Gasteiger partial charge in [-0.1, -0.05) is 17.7 Å². The van der Waals surface area contributed by atoms with E-state index in [0.717, 1.165) is 5.56 Å². The highest BCUT2D eigenvalue weighted by Gasteiger charge is 2.49. The quantitative estimate of drug-likeness (QED) is 0.363. The molecular weight excluding hydrogens is 353 g/mol. The van der Waals surface area contributed by atoms with Crippen LogP contribution in [0.4, 0.5) is 22.0 Å². The second-order valence-electron chi connectivity index (χ2n) is 5.39. The van der Waals surface area contributed by atoms with Crippen LogP contribution >= 0.6 is 0 Å². The molecule has 0 amide bonds. The van der Waals surface area contributed by atoms with Crippen molar-refractivity contribution < 1.29 is 30.4 Å². The van der Waals surface area contributed by atoms with Crippen LogP contribution in [-0.2, 0) is 10.0 Å². The van der Waals surface area contributed by atoms with Crippen molar-refractivity contribution in [1.29, 1.82) is 0 Å². The fourth-order valence-electron chi connectivity index (χ4n) is 2.38. The van der Waals surface area contributed by atoms with Crippen molar-refractivity contribution in [2.75, 3.05) is 6.54 Å². The first-order valence-corrected chi connectivity index (χ1v) is 8.20. The summed E-state index contributed by atoms with van der Waals surface area (Å²) >= 11 is 0. The highest BCUT2D eigenvalue weighted by atomic mass is 32.2. The minimum Gasteiger partial charge on any atom is -0.207 e. The van der Waals surface area contributed by atoms with Crippen molar-refractivity contribution in [3.63, 3.8) is 0 Å². The molecule has 1 heterocycles. The Balaban J connectivity index is 2.00. The zero-order valence-corrected chi connectivity index (χ0v) is 13.0. The highest BCUT2D eigenvalue weighted by Crippen LogP contribution is 2.43. The van der Waals surface area contributed by atoms with Crippen molar-refractivity contribution in [2.24, 2.45) is 0 Å². The SMILES string of the molecule is Cc1ccc(S(=O)(=O)N2C[C@@H]2c2c(F)c(F)c(F)c(F)c2F)cc1. The summed E-state index contributed by atoms with van der Waals surface area (Å²) in [7, 11) is -4.09. The number of rotatable bonds is 3. The fraction of sp³-hybridized carbons (Fsp3) is 0.200. The normalized spacial score (nSPS) is 20.2. The van der Waals surface area contributed by atoms with E-state index in [0.29, 0.717) is 4.31 Å². The second-order valence-corrected chi connectivity index (χ2v) is 7.28. The predicted octanol–water partition coefficient (Wildman–Crippen LogP) is 3.44. The van der Waals surface area contributed by atoms with Gasteiger partial charge >= 0.3 is 0 Å². The molecule has 0 bridgehead atoms. The van der Waals surface area contributed by atoms with Crippen molar-refractivity contribution in [1.82, 2.24) is 4.31 Å². The van der Waals surface area contributed by atoms with Crippen LogP contribution in [0.5, 0.6) is 0 Å². The standard InChI is InChI=1S/C15H10F5NO2S/c1-7-2-4-8(5-3-7)24(22,23)21-6-9(21)10-11(16)13(18)15(20)14(19)12(10)17/h2-5,9H,6H2,1H3/t9-,21?/m1/s1. The van der Waals surface area contributed by atoms with Gasteiger partial charge in [0.2, 0.25) is 15.8 Å². The van der Waals surface area contributed by atoms with Gasteiger partial charge in [0, 0.05) is 12.1 Å². The summed E-state index contributed by atoms with van der Waals surface area (Å²) in [5.74, 6) is -10.5. The molecule has 0 aliphatic carbocycles. The van der Waals surface area contributed by atoms with E-state index in [1.807, 2.05) is 0 Å². The van der Waals surface area contributed by atoms with E-state index in [4.69, 9.17) is 0 Å². The van der Waals surface area contributed by atoms with E-state index < -0.39 is 50.7 Å². The van der Waals surface area contributed by atoms with Crippen LogP contribution in [0.15, 0.2) is 29.2 Å². The maximum absolute atomic E-state index is 13.8. The number of halogens is 5. The van der Waals surface area contributed by atoms with Gasteiger partial charge in [-0.2, -0.15) is 4.31 Å². The van der Waals surface area contributed by atoms with Gasteiger partial charge < -0.3 is 0 Å². The molecule has 2 atom stereocenters. The third-order valence-corrected chi connectivity index (χ3v) is 5.66. The molecule has 3 rings (SSSR count). The van der Waals surface area contributed by atoms with Crippen LogP contribution in [0.2, 0.25) is 0 Å². The summed E-state index contributed by atoms with van der Waals surface area (Å²) in [6.07, 6.45) is 0. The van der Waals surface area contributed by atoms with Gasteiger partial charge in [-0.3, -0.25) is 0 Å². The average Bonchev–Trinajstić information content (AvgIpc) is 3.33. The molecule has 1 saturated heterocycles. The van der Waals surface area contributed by atoms with E-state index in [9.17, 15) is 30.4 Å². The minimum absolute atomic E-state index is 0.125. The van der Waals surface area contributed by atoms with Gasteiger partial charge in [-0.25, -0.2) is 30.4 Å². The van der Waals surface area contributed by atoms with Gasteiger partial charge in [-0.15, -0.1) is 0 Å². The molecular formula is C15H10F5NO2S. The lowest BCUT2D eigenvalue weighted by atomic mass is 10.1. The Bertz CT molecular complexity index is 899. The molecule has 24 heavy (non-hydrogen) atoms. The molecule has 1 unspecified atom stereocenters. The van der Waals surface area contributed by atoms with E-state index >= 15 is 0 Å². The van der Waals surface area contributed by atoms with Crippen LogP contribution in [-0.4, -0.2) is 19.3 Å². The summed E-state index contributed by atoms with van der Waals surface area (Å²) in [5.41, 5.74) is -0.335. The molecule has 0 aromatic heterocycles. The maximum Gasteiger partial charge on any atom is 0.243 e. The molecule has 9 heteroatoms. The van der Waals surface area contributed by atoms with Crippen LogP contribution in [0.1, 0.15) is 17.2 Å². The number of hydrogen-bond donors (Lipinski definition) is 0. The molecule has 0 saturated carbocycles. The van der Waals surface area contributed by atoms with E-state index in [1.165, 1.54) is 24.3 Å². The first kappa shape index (κ1) is 16.8. The number of aryl methyl sites for hydroxylation is 1. The first-order valence-electron chi connectivity index (χ1n) is 6.76. The Morgan fingerprint density at radius 3 is 1.83 bits per heavy atom. The third-order valence-electron chi connectivity index (χ3n) is 3.77. The van der Waals surface area contributed by atoms with Gasteiger partial charge in [0.15, 0.2) is 23.3 Å². The summed E-state index contributed by atoms with van der Waals surface area (Å²) in [6.45, 7) is 1.37. The Hall–Kier alpha value is -2.00. The molecule has 0 spiro atoms. The van der Waals surface area contributed by atoms with Crippen molar-refractivity contribution >= 4 is 10.0 Å². The molecule has 128 valence electrons. The molecule has 2 aromatic carbocycles. The summed E-state index contributed by atoms with van der Waals surface area (Å²) in [6, 6.07) is 4.24. The molecule has 0 N–H and O–H groups in total. The zero-order valence-electron chi connectivity index (χ0n) is 12.2. The van der Waals surface area contributed by atoms with Gasteiger partial charge in [0.25, 0.3) is 0 Å². The fourth-order valence-corrected chi connectivity index (χ4v) is 3.91. The number of nitrogens with zero attached hydrogens (tertiary/aromatic N) is 1. The second kappa shape index (κ2) is 5.52. The minimum atomic E-state index is -4.09. The van der Waals surface area contributed by atoms with Crippen molar-refractivity contribution in [3.05, 3.63) is 64.5 Å². The van der Waals surface area contributed by atoms with Gasteiger partial charge in [-0.05, 0) is 19.1 Å². The van der Waals surface area contributed by atoms with Crippen LogP contribution in [0, 0.1) is 36.0 Å². The molecule has 1 aliphatic rings. The molecule has 2 aromatic rings. The first-order chi connectivity index (χ1) is 11.2. The summed E-state index contributed by atoms with van der Waals surface area (Å²) < 4.78 is 92.5. The number of benzene rings is 2. The largest absolute Gasteiger partial charge is 0.243 e. The zero-order chi connectivity index (χ0) is 17.8. The third kappa shape index (κ3) is 2.48. The summed E-state index contributed by atoms with van der Waals surface area (Å²) in [4.78, 5) is -0.125. The van der Waals surface area contributed by atoms with Crippen LogP contribution in [0.25, 0.3) is 0 Å².